The SMILES string of the molecule is C[C@@]1(n2ccc(=O)[nH]c2=S)O[C@H](CO)[C@@H](O)[C@H]1O.NCCS(=O)(=O)O. The number of hydrogen-bond acceptors (Lipinski definition) is 9. The van der Waals surface area contributed by atoms with Gasteiger partial charge >= 0.3 is 0 Å². The zero-order valence-electron chi connectivity index (χ0n) is 13.3. The van der Waals surface area contributed by atoms with Crippen LogP contribution in [0, 0.1) is 4.77 Å². The standard InChI is InChI=1S/C10H14N2O5S.C2H7NO3S/c1-10(8(16)7(15)5(4-13)17-10)12-3-2-6(14)11-9(12)18;3-1-2-7(4,5)6/h2-3,5,7-8,13,15-16H,4H2,1H3,(H,11,14,18);1-3H2,(H,4,5,6)/t5-,7-,8-,10-;/m1./s1. The van der Waals surface area contributed by atoms with E-state index < -0.39 is 40.8 Å². The van der Waals surface area contributed by atoms with Crippen LogP contribution in [0.4, 0.5) is 0 Å². The van der Waals surface area contributed by atoms with Gasteiger partial charge in [-0.15, -0.1) is 0 Å². The summed E-state index contributed by atoms with van der Waals surface area (Å²) in [7, 11) is -3.80. The summed E-state index contributed by atoms with van der Waals surface area (Å²) in [4.78, 5) is 13.5. The van der Waals surface area contributed by atoms with E-state index in [1.54, 1.807) is 0 Å². The van der Waals surface area contributed by atoms with E-state index in [0.717, 1.165) is 0 Å². The third kappa shape index (κ3) is 5.39. The van der Waals surface area contributed by atoms with Gasteiger partial charge in [0.2, 0.25) is 0 Å². The second-order valence-corrected chi connectivity index (χ2v) is 7.34. The largest absolute Gasteiger partial charge is 0.394 e. The molecule has 1 aromatic rings. The third-order valence-electron chi connectivity index (χ3n) is 3.50. The normalized spacial score (nSPS) is 29.1. The first-order valence-corrected chi connectivity index (χ1v) is 9.10. The summed E-state index contributed by atoms with van der Waals surface area (Å²) in [5.41, 5.74) is 3.07. The molecule has 0 unspecified atom stereocenters. The number of ether oxygens (including phenoxy) is 1. The lowest BCUT2D eigenvalue weighted by molar-refractivity contribution is -0.136. The van der Waals surface area contributed by atoms with E-state index in [0.29, 0.717) is 0 Å². The summed E-state index contributed by atoms with van der Waals surface area (Å²) in [5, 5.41) is 28.8. The van der Waals surface area contributed by atoms with Gasteiger partial charge in [-0.2, -0.15) is 8.42 Å². The van der Waals surface area contributed by atoms with Gasteiger partial charge in [-0.25, -0.2) is 0 Å². The first-order chi connectivity index (χ1) is 11.5. The van der Waals surface area contributed by atoms with Gasteiger partial charge in [-0.05, 0) is 19.1 Å². The monoisotopic (exact) mass is 399 g/mol. The van der Waals surface area contributed by atoms with Crippen molar-refractivity contribution in [1.29, 1.82) is 0 Å². The van der Waals surface area contributed by atoms with Crippen LogP contribution in [0.5, 0.6) is 0 Å². The molecular formula is C12H21N3O8S2. The minimum atomic E-state index is -3.80. The lowest BCUT2D eigenvalue weighted by Crippen LogP contribution is -2.44. The fourth-order valence-corrected chi connectivity index (χ4v) is 2.87. The maximum atomic E-state index is 11.1. The molecular weight excluding hydrogens is 378 g/mol. The van der Waals surface area contributed by atoms with Crippen molar-refractivity contribution in [3.05, 3.63) is 27.4 Å². The number of aromatic nitrogens is 2. The Morgan fingerprint density at radius 2 is 2.08 bits per heavy atom. The molecule has 1 fully saturated rings. The molecule has 0 amide bonds. The van der Waals surface area contributed by atoms with Crippen LogP contribution in [0.25, 0.3) is 0 Å². The minimum absolute atomic E-state index is 0.0289. The summed E-state index contributed by atoms with van der Waals surface area (Å²) < 4.78 is 34.2. The number of nitrogens with zero attached hydrogens (tertiary/aromatic N) is 1. The molecule has 0 radical (unpaired) electrons. The van der Waals surface area contributed by atoms with E-state index in [-0.39, 0.29) is 22.6 Å². The highest BCUT2D eigenvalue weighted by Gasteiger charge is 2.52. The molecule has 25 heavy (non-hydrogen) atoms. The van der Waals surface area contributed by atoms with Crippen LogP contribution < -0.4 is 11.3 Å². The number of nitrogens with one attached hydrogen (secondary N) is 1. The van der Waals surface area contributed by atoms with Crippen molar-refractivity contribution in [3.63, 3.8) is 0 Å². The number of H-pyrrole nitrogens is 1. The number of aromatic amines is 1. The summed E-state index contributed by atoms with van der Waals surface area (Å²) >= 11 is 4.99. The van der Waals surface area contributed by atoms with Gasteiger partial charge in [-0.3, -0.25) is 18.9 Å². The van der Waals surface area contributed by atoms with E-state index >= 15 is 0 Å². The predicted molar refractivity (Wildman–Crippen MR) is 89.0 cm³/mol. The van der Waals surface area contributed by atoms with Crippen LogP contribution in [0.15, 0.2) is 17.1 Å². The number of hydrogen-bond donors (Lipinski definition) is 6. The second-order valence-electron chi connectivity index (χ2n) is 5.38. The van der Waals surface area contributed by atoms with Crippen LogP contribution in [0.1, 0.15) is 6.92 Å². The first kappa shape index (κ1) is 21.9. The molecule has 2 heterocycles. The van der Waals surface area contributed by atoms with Gasteiger partial charge in [-0.1, -0.05) is 0 Å². The van der Waals surface area contributed by atoms with Crippen LogP contribution in [-0.4, -0.2) is 75.1 Å². The molecule has 0 saturated carbocycles. The fraction of sp³-hybridized carbons (Fsp3) is 0.667. The smallest absolute Gasteiger partial charge is 0.266 e. The predicted octanol–water partition coefficient (Wildman–Crippen LogP) is -2.48. The molecule has 2 rings (SSSR count). The second kappa shape index (κ2) is 8.46. The van der Waals surface area contributed by atoms with Crippen LogP contribution >= 0.6 is 12.2 Å². The lowest BCUT2D eigenvalue weighted by Gasteiger charge is -2.30. The molecule has 1 saturated heterocycles. The molecule has 144 valence electrons. The van der Waals surface area contributed by atoms with E-state index in [9.17, 15) is 23.4 Å². The van der Waals surface area contributed by atoms with Gasteiger partial charge < -0.3 is 25.8 Å². The maximum absolute atomic E-state index is 11.1. The van der Waals surface area contributed by atoms with Crippen LogP contribution in [-0.2, 0) is 20.6 Å². The molecule has 1 aliphatic rings. The average Bonchev–Trinajstić information content (AvgIpc) is 2.71. The lowest BCUT2D eigenvalue weighted by atomic mass is 10.0. The number of aliphatic hydroxyl groups excluding tert-OH is 3. The van der Waals surface area contributed by atoms with Gasteiger partial charge in [0.1, 0.15) is 18.3 Å². The van der Waals surface area contributed by atoms with E-state index in [1.807, 2.05) is 0 Å². The Balaban J connectivity index is 0.000000381. The molecule has 7 N–H and O–H groups in total. The minimum Gasteiger partial charge on any atom is -0.394 e. The van der Waals surface area contributed by atoms with E-state index in [2.05, 4.69) is 4.98 Å². The first-order valence-electron chi connectivity index (χ1n) is 7.08. The van der Waals surface area contributed by atoms with Crippen LogP contribution in [0.3, 0.4) is 0 Å². The van der Waals surface area contributed by atoms with Gasteiger partial charge in [0.25, 0.3) is 15.7 Å². The molecule has 11 nitrogen and oxygen atoms in total. The Morgan fingerprint density at radius 3 is 2.44 bits per heavy atom. The molecule has 4 atom stereocenters. The summed E-state index contributed by atoms with van der Waals surface area (Å²) in [6.07, 6.45) is -2.03. The van der Waals surface area contributed by atoms with Crippen molar-refractivity contribution in [1.82, 2.24) is 9.55 Å². The fourth-order valence-electron chi connectivity index (χ4n) is 2.23. The van der Waals surface area contributed by atoms with Crippen molar-refractivity contribution in [2.45, 2.75) is 31.0 Å². The van der Waals surface area contributed by atoms with E-state index in [4.69, 9.17) is 32.3 Å². The van der Waals surface area contributed by atoms with Crippen molar-refractivity contribution < 1.29 is 33.0 Å². The highest BCUT2D eigenvalue weighted by Crippen LogP contribution is 2.34. The third-order valence-corrected chi connectivity index (χ3v) is 4.55. The molecule has 0 spiro atoms. The van der Waals surface area contributed by atoms with Crippen molar-refractivity contribution in [2.24, 2.45) is 5.73 Å². The number of nitrogens with two attached hydrogens (primary N) is 1. The highest BCUT2D eigenvalue weighted by molar-refractivity contribution is 7.85. The number of rotatable bonds is 4. The summed E-state index contributed by atoms with van der Waals surface area (Å²) in [5.74, 6) is -0.354. The quantitative estimate of drug-likeness (QED) is 0.234. The zero-order valence-corrected chi connectivity index (χ0v) is 14.9. The van der Waals surface area contributed by atoms with Crippen molar-refractivity contribution in [2.75, 3.05) is 18.9 Å². The topological polar surface area (TPSA) is 188 Å². The molecule has 1 aromatic heterocycles. The Bertz CT molecular complexity index is 792. The maximum Gasteiger partial charge on any atom is 0.266 e. The molecule has 0 aromatic carbocycles. The van der Waals surface area contributed by atoms with Gasteiger partial charge in [0.05, 0.1) is 12.4 Å². The molecule has 0 bridgehead atoms. The van der Waals surface area contributed by atoms with Crippen molar-refractivity contribution in [3.8, 4) is 0 Å². The van der Waals surface area contributed by atoms with Gasteiger partial charge in [0, 0.05) is 18.8 Å². The Kier molecular flexibility index (Phi) is 7.40. The van der Waals surface area contributed by atoms with Crippen LogP contribution in [0.2, 0.25) is 0 Å². The highest BCUT2D eigenvalue weighted by atomic mass is 32.2. The average molecular weight is 399 g/mol. The van der Waals surface area contributed by atoms with E-state index in [1.165, 1.54) is 23.8 Å². The Hall–Kier alpha value is -1.19. The zero-order chi connectivity index (χ0) is 19.4. The Labute approximate surface area is 148 Å². The summed E-state index contributed by atoms with van der Waals surface area (Å²) in [6.45, 7) is 1.06. The molecule has 0 aliphatic carbocycles. The molecule has 13 heteroatoms. The van der Waals surface area contributed by atoms with Gasteiger partial charge in [0.15, 0.2) is 10.5 Å². The Morgan fingerprint density at radius 1 is 1.48 bits per heavy atom. The summed E-state index contributed by atoms with van der Waals surface area (Å²) in [6, 6.07) is 1.23. The van der Waals surface area contributed by atoms with Crippen molar-refractivity contribution >= 4 is 22.3 Å². The number of aliphatic hydroxyl groups is 3. The molecule has 1 aliphatic heterocycles.